The third kappa shape index (κ3) is 4.66. The summed E-state index contributed by atoms with van der Waals surface area (Å²) in [6, 6.07) is 8.01. The highest BCUT2D eigenvalue weighted by molar-refractivity contribution is 5.98. The summed E-state index contributed by atoms with van der Waals surface area (Å²) in [5.74, 6) is 1.70. The van der Waals surface area contributed by atoms with Gasteiger partial charge in [0.05, 0.1) is 11.6 Å². The van der Waals surface area contributed by atoms with Crippen LogP contribution in [0.2, 0.25) is 0 Å². The molecule has 1 aliphatic rings. The van der Waals surface area contributed by atoms with Crippen LogP contribution >= 0.6 is 0 Å². The maximum absolute atomic E-state index is 5.42. The number of unbranched alkanes of at least 4 members (excludes halogenated alkanes) is 2. The van der Waals surface area contributed by atoms with Gasteiger partial charge < -0.3 is 14.7 Å². The van der Waals surface area contributed by atoms with Gasteiger partial charge in [0, 0.05) is 12.1 Å². The van der Waals surface area contributed by atoms with Crippen molar-refractivity contribution in [3.8, 4) is 11.4 Å². The lowest BCUT2D eigenvalue weighted by Crippen LogP contribution is -2.08. The highest BCUT2D eigenvalue weighted by Gasteiger charge is 2.23. The highest BCUT2D eigenvalue weighted by Crippen LogP contribution is 2.24. The third-order valence-corrected chi connectivity index (χ3v) is 4.45. The Balaban J connectivity index is 1.60. The molecular weight excluding hydrogens is 316 g/mol. The molecule has 3 rings (SSSR count). The van der Waals surface area contributed by atoms with Crippen LogP contribution in [-0.4, -0.2) is 35.5 Å². The fourth-order valence-electron chi connectivity index (χ4n) is 2.86. The first-order valence-corrected chi connectivity index (χ1v) is 9.09. The molecule has 1 atom stereocenters. The first kappa shape index (κ1) is 17.6. The number of benzene rings is 1. The van der Waals surface area contributed by atoms with Gasteiger partial charge in [0.15, 0.2) is 0 Å². The summed E-state index contributed by atoms with van der Waals surface area (Å²) >= 11 is 0. The molecule has 0 aliphatic carbocycles. The number of rotatable bonds is 8. The van der Waals surface area contributed by atoms with Gasteiger partial charge in [-0.2, -0.15) is 4.98 Å². The fourth-order valence-corrected chi connectivity index (χ4v) is 2.86. The Kier molecular flexibility index (Phi) is 6.17. The first-order valence-electron chi connectivity index (χ1n) is 9.09. The number of aromatic nitrogens is 2. The summed E-state index contributed by atoms with van der Waals surface area (Å²) in [5.41, 5.74) is 2.85. The summed E-state index contributed by atoms with van der Waals surface area (Å²) in [6.45, 7) is 6.72. The molecule has 2 aromatic rings. The van der Waals surface area contributed by atoms with Crippen molar-refractivity contribution in [3.05, 3.63) is 35.7 Å². The van der Waals surface area contributed by atoms with Crippen LogP contribution in [0.5, 0.6) is 0 Å². The van der Waals surface area contributed by atoms with Gasteiger partial charge in [0.2, 0.25) is 11.7 Å². The second kappa shape index (κ2) is 8.76. The molecule has 0 bridgehead atoms. The van der Waals surface area contributed by atoms with E-state index in [0.717, 1.165) is 48.7 Å². The average Bonchev–Trinajstić information content (AvgIpc) is 3.33. The van der Waals surface area contributed by atoms with Crippen LogP contribution in [0.3, 0.4) is 0 Å². The lowest BCUT2D eigenvalue weighted by atomic mass is 10.1. The van der Waals surface area contributed by atoms with Crippen molar-refractivity contribution in [2.75, 3.05) is 19.7 Å². The molecule has 6 heteroatoms. The molecule has 6 nitrogen and oxygen atoms in total. The zero-order chi connectivity index (χ0) is 17.5. The van der Waals surface area contributed by atoms with Crippen molar-refractivity contribution in [2.24, 2.45) is 5.16 Å². The molecule has 1 aromatic carbocycles. The quantitative estimate of drug-likeness (QED) is 0.449. The molecule has 0 amide bonds. The minimum atomic E-state index is 0.333. The molecule has 1 fully saturated rings. The number of hydrogen-bond donors (Lipinski definition) is 1. The Morgan fingerprint density at radius 1 is 1.32 bits per heavy atom. The van der Waals surface area contributed by atoms with Crippen molar-refractivity contribution in [3.63, 3.8) is 0 Å². The van der Waals surface area contributed by atoms with Gasteiger partial charge in [0.25, 0.3) is 0 Å². The summed E-state index contributed by atoms with van der Waals surface area (Å²) in [4.78, 5) is 9.91. The molecule has 0 unspecified atom stereocenters. The number of nitrogens with zero attached hydrogens (tertiary/aromatic N) is 3. The van der Waals surface area contributed by atoms with E-state index >= 15 is 0 Å². The van der Waals surface area contributed by atoms with E-state index in [2.05, 4.69) is 27.5 Å². The van der Waals surface area contributed by atoms with Crippen LogP contribution < -0.4 is 5.32 Å². The van der Waals surface area contributed by atoms with Gasteiger partial charge in [-0.15, -0.1) is 0 Å². The van der Waals surface area contributed by atoms with E-state index in [1.807, 2.05) is 31.2 Å². The van der Waals surface area contributed by atoms with Gasteiger partial charge in [-0.3, -0.25) is 0 Å². The summed E-state index contributed by atoms with van der Waals surface area (Å²) in [5, 5.41) is 11.6. The van der Waals surface area contributed by atoms with E-state index in [1.54, 1.807) is 0 Å². The van der Waals surface area contributed by atoms with Crippen molar-refractivity contribution in [1.29, 1.82) is 0 Å². The van der Waals surface area contributed by atoms with Crippen molar-refractivity contribution in [1.82, 2.24) is 15.5 Å². The van der Waals surface area contributed by atoms with Gasteiger partial charge in [-0.25, -0.2) is 0 Å². The average molecular weight is 342 g/mol. The SMILES string of the molecule is CCCCCON=C(C)c1ccc(-c2noc([C@@H]3CCNC3)n2)cc1. The van der Waals surface area contributed by atoms with Crippen LogP contribution in [-0.2, 0) is 4.84 Å². The first-order chi connectivity index (χ1) is 12.3. The Bertz CT molecular complexity index is 688. The van der Waals surface area contributed by atoms with Crippen LogP contribution in [0.4, 0.5) is 0 Å². The van der Waals surface area contributed by atoms with Crippen molar-refractivity contribution < 1.29 is 9.36 Å². The molecular formula is C19H26N4O2. The van der Waals surface area contributed by atoms with E-state index in [1.165, 1.54) is 12.8 Å². The maximum Gasteiger partial charge on any atom is 0.231 e. The molecule has 0 radical (unpaired) electrons. The molecule has 0 saturated carbocycles. The second-order valence-corrected chi connectivity index (χ2v) is 6.44. The Morgan fingerprint density at radius 2 is 2.16 bits per heavy atom. The minimum Gasteiger partial charge on any atom is -0.396 e. The third-order valence-electron chi connectivity index (χ3n) is 4.45. The van der Waals surface area contributed by atoms with E-state index in [-0.39, 0.29) is 0 Å². The number of hydrogen-bond acceptors (Lipinski definition) is 6. The molecule has 2 heterocycles. The molecule has 1 aliphatic heterocycles. The van der Waals surface area contributed by atoms with Gasteiger partial charge in [-0.1, -0.05) is 54.3 Å². The highest BCUT2D eigenvalue weighted by atomic mass is 16.6. The molecule has 1 N–H and O–H groups in total. The van der Waals surface area contributed by atoms with Gasteiger partial charge >= 0.3 is 0 Å². The lowest BCUT2D eigenvalue weighted by molar-refractivity contribution is 0.140. The van der Waals surface area contributed by atoms with Gasteiger partial charge in [0.1, 0.15) is 6.61 Å². The Hall–Kier alpha value is -2.21. The number of nitrogens with one attached hydrogen (secondary N) is 1. The fraction of sp³-hybridized carbons (Fsp3) is 0.526. The van der Waals surface area contributed by atoms with Crippen LogP contribution in [0.15, 0.2) is 33.9 Å². The van der Waals surface area contributed by atoms with Crippen LogP contribution in [0.1, 0.15) is 56.9 Å². The molecule has 25 heavy (non-hydrogen) atoms. The zero-order valence-corrected chi connectivity index (χ0v) is 15.0. The Morgan fingerprint density at radius 3 is 2.88 bits per heavy atom. The minimum absolute atomic E-state index is 0.333. The molecule has 134 valence electrons. The maximum atomic E-state index is 5.42. The Labute approximate surface area is 148 Å². The van der Waals surface area contributed by atoms with E-state index < -0.39 is 0 Å². The van der Waals surface area contributed by atoms with Gasteiger partial charge in [-0.05, 0) is 31.9 Å². The van der Waals surface area contributed by atoms with Crippen molar-refractivity contribution >= 4 is 5.71 Å². The zero-order valence-electron chi connectivity index (χ0n) is 15.0. The normalized spacial score (nSPS) is 17.8. The summed E-state index contributed by atoms with van der Waals surface area (Å²) in [7, 11) is 0. The largest absolute Gasteiger partial charge is 0.396 e. The predicted octanol–water partition coefficient (Wildman–Crippen LogP) is 3.74. The predicted molar refractivity (Wildman–Crippen MR) is 97.6 cm³/mol. The molecule has 0 spiro atoms. The summed E-state index contributed by atoms with van der Waals surface area (Å²) < 4.78 is 5.42. The van der Waals surface area contributed by atoms with Crippen LogP contribution in [0, 0.1) is 0 Å². The standard InChI is InChI=1S/C19H26N4O2/c1-3-4-5-12-24-22-14(2)15-6-8-16(9-7-15)18-21-19(25-23-18)17-10-11-20-13-17/h6-9,17,20H,3-5,10-13H2,1-2H3/t17-/m1/s1. The van der Waals surface area contributed by atoms with E-state index in [4.69, 9.17) is 9.36 Å². The topological polar surface area (TPSA) is 72.5 Å². The lowest BCUT2D eigenvalue weighted by Gasteiger charge is -2.03. The summed E-state index contributed by atoms with van der Waals surface area (Å²) in [6.07, 6.45) is 4.45. The smallest absolute Gasteiger partial charge is 0.231 e. The second-order valence-electron chi connectivity index (χ2n) is 6.44. The monoisotopic (exact) mass is 342 g/mol. The molecule has 1 saturated heterocycles. The van der Waals surface area contributed by atoms with E-state index in [0.29, 0.717) is 18.3 Å². The number of oxime groups is 1. The van der Waals surface area contributed by atoms with Crippen LogP contribution in [0.25, 0.3) is 11.4 Å². The van der Waals surface area contributed by atoms with E-state index in [9.17, 15) is 0 Å². The van der Waals surface area contributed by atoms with Crippen molar-refractivity contribution in [2.45, 2.75) is 45.4 Å². The molecule has 1 aromatic heterocycles.